The zero-order valence-corrected chi connectivity index (χ0v) is 26.5. The number of thiophene rings is 1. The SMILES string of the molecule is CCC(CC)n1c(Cc2cccs2)nc2cc(C(=O)N[C@@H](CC(C)C)C(=O)N3CCC(N4CCOCC4)CC3)ccc21. The van der Waals surface area contributed by atoms with Crippen LogP contribution in [-0.2, 0) is 16.0 Å². The Labute approximate surface area is 254 Å². The van der Waals surface area contributed by atoms with Crippen LogP contribution in [0, 0.1) is 5.92 Å². The van der Waals surface area contributed by atoms with Crippen LogP contribution in [0.1, 0.15) is 86.9 Å². The normalized spacial score (nSPS) is 17.8. The van der Waals surface area contributed by atoms with E-state index in [1.807, 2.05) is 23.1 Å². The number of benzene rings is 1. The Morgan fingerprint density at radius 1 is 1.07 bits per heavy atom. The standard InChI is InChI=1S/C33H47N5O3S/c1-5-25(6-2)38-30-10-9-24(21-28(30)34-31(38)22-27-8-7-19-42-27)32(39)35-29(20-23(3)4)33(40)37-13-11-26(12-14-37)36-15-17-41-18-16-36/h7-10,19,21,23,25-26,29H,5-6,11-18,20,22H2,1-4H3,(H,35,39)/t29-/m0/s1. The van der Waals surface area contributed by atoms with Crippen molar-refractivity contribution in [2.24, 2.45) is 5.92 Å². The van der Waals surface area contributed by atoms with Crippen molar-refractivity contribution in [3.8, 4) is 0 Å². The molecule has 2 aliphatic rings. The van der Waals surface area contributed by atoms with Gasteiger partial charge in [0.2, 0.25) is 5.91 Å². The molecular formula is C33H47N5O3S. The third-order valence-electron chi connectivity index (χ3n) is 8.89. The summed E-state index contributed by atoms with van der Waals surface area (Å²) in [5, 5.41) is 5.21. The van der Waals surface area contributed by atoms with E-state index in [-0.39, 0.29) is 17.7 Å². The molecule has 0 unspecified atom stereocenters. The second-order valence-electron chi connectivity index (χ2n) is 12.2. The van der Waals surface area contributed by atoms with Gasteiger partial charge in [0.1, 0.15) is 11.9 Å². The van der Waals surface area contributed by atoms with Crippen molar-refractivity contribution in [1.29, 1.82) is 0 Å². The van der Waals surface area contributed by atoms with E-state index in [0.29, 0.717) is 24.1 Å². The highest BCUT2D eigenvalue weighted by Gasteiger charge is 2.32. The van der Waals surface area contributed by atoms with Crippen LogP contribution in [0.15, 0.2) is 35.7 Å². The zero-order chi connectivity index (χ0) is 29.6. The van der Waals surface area contributed by atoms with Crippen molar-refractivity contribution in [3.05, 3.63) is 52.0 Å². The average molecular weight is 594 g/mol. The van der Waals surface area contributed by atoms with E-state index >= 15 is 0 Å². The van der Waals surface area contributed by atoms with Gasteiger partial charge in [0.15, 0.2) is 0 Å². The predicted octanol–water partition coefficient (Wildman–Crippen LogP) is 5.52. The van der Waals surface area contributed by atoms with Gasteiger partial charge in [-0.3, -0.25) is 14.5 Å². The molecule has 1 atom stereocenters. The molecule has 0 spiro atoms. The molecule has 2 saturated heterocycles. The van der Waals surface area contributed by atoms with Gasteiger partial charge in [-0.05, 0) is 67.7 Å². The average Bonchev–Trinajstić information content (AvgIpc) is 3.65. The number of nitrogens with zero attached hydrogens (tertiary/aromatic N) is 4. The lowest BCUT2D eigenvalue weighted by molar-refractivity contribution is -0.135. The van der Waals surface area contributed by atoms with E-state index in [2.05, 4.69) is 60.0 Å². The lowest BCUT2D eigenvalue weighted by Crippen LogP contribution is -2.54. The molecule has 42 heavy (non-hydrogen) atoms. The molecule has 9 heteroatoms. The van der Waals surface area contributed by atoms with Crippen LogP contribution in [0.5, 0.6) is 0 Å². The Hall–Kier alpha value is -2.75. The van der Waals surface area contributed by atoms with E-state index in [0.717, 1.165) is 88.4 Å². The summed E-state index contributed by atoms with van der Waals surface area (Å²) in [5.41, 5.74) is 2.44. The third kappa shape index (κ3) is 7.06. The number of amides is 2. The number of hydrogen-bond donors (Lipinski definition) is 1. The first-order valence-corrected chi connectivity index (χ1v) is 16.7. The van der Waals surface area contributed by atoms with E-state index in [1.54, 1.807) is 11.3 Å². The fraction of sp³-hybridized carbons (Fsp3) is 0.606. The number of likely N-dealkylation sites (tertiary alicyclic amines) is 1. The monoisotopic (exact) mass is 593 g/mol. The minimum absolute atomic E-state index is 0.0369. The minimum atomic E-state index is -0.537. The van der Waals surface area contributed by atoms with Crippen molar-refractivity contribution in [2.45, 2.75) is 84.3 Å². The van der Waals surface area contributed by atoms with Crippen LogP contribution in [0.3, 0.4) is 0 Å². The maximum atomic E-state index is 13.7. The van der Waals surface area contributed by atoms with Gasteiger partial charge in [-0.25, -0.2) is 4.98 Å². The molecule has 2 amide bonds. The molecule has 0 radical (unpaired) electrons. The van der Waals surface area contributed by atoms with Gasteiger partial charge in [0.05, 0.1) is 24.2 Å². The summed E-state index contributed by atoms with van der Waals surface area (Å²) in [6.45, 7) is 13.6. The number of hydrogen-bond acceptors (Lipinski definition) is 6. The van der Waals surface area contributed by atoms with E-state index < -0.39 is 6.04 Å². The molecule has 228 valence electrons. The van der Waals surface area contributed by atoms with Crippen molar-refractivity contribution >= 4 is 34.2 Å². The second kappa shape index (κ2) is 14.1. The lowest BCUT2D eigenvalue weighted by Gasteiger charge is -2.41. The largest absolute Gasteiger partial charge is 0.379 e. The van der Waals surface area contributed by atoms with E-state index in [4.69, 9.17) is 9.72 Å². The quantitative estimate of drug-likeness (QED) is 0.317. The van der Waals surface area contributed by atoms with Gasteiger partial charge in [0, 0.05) is 55.1 Å². The number of ether oxygens (including phenoxy) is 1. The Kier molecular flexibility index (Phi) is 10.3. The molecule has 2 fully saturated rings. The smallest absolute Gasteiger partial charge is 0.252 e. The van der Waals surface area contributed by atoms with Gasteiger partial charge in [-0.1, -0.05) is 33.8 Å². The van der Waals surface area contributed by atoms with Crippen molar-refractivity contribution in [3.63, 3.8) is 0 Å². The first-order chi connectivity index (χ1) is 20.4. The maximum Gasteiger partial charge on any atom is 0.252 e. The van der Waals surface area contributed by atoms with Crippen molar-refractivity contribution in [2.75, 3.05) is 39.4 Å². The number of piperidine rings is 1. The van der Waals surface area contributed by atoms with Crippen molar-refractivity contribution in [1.82, 2.24) is 24.7 Å². The molecule has 0 saturated carbocycles. The van der Waals surface area contributed by atoms with Gasteiger partial charge in [0.25, 0.3) is 5.91 Å². The summed E-state index contributed by atoms with van der Waals surface area (Å²) in [6, 6.07) is 10.4. The number of rotatable bonds is 11. The van der Waals surface area contributed by atoms with Crippen LogP contribution in [0.4, 0.5) is 0 Å². The number of morpholine rings is 1. The maximum absolute atomic E-state index is 13.7. The summed E-state index contributed by atoms with van der Waals surface area (Å²) >= 11 is 1.74. The minimum Gasteiger partial charge on any atom is -0.379 e. The summed E-state index contributed by atoms with van der Waals surface area (Å²) in [7, 11) is 0. The molecule has 1 N–H and O–H groups in total. The zero-order valence-electron chi connectivity index (χ0n) is 25.7. The number of fused-ring (bicyclic) bond motifs is 1. The van der Waals surface area contributed by atoms with Crippen LogP contribution in [0.25, 0.3) is 11.0 Å². The summed E-state index contributed by atoms with van der Waals surface area (Å²) in [5.74, 6) is 1.14. The predicted molar refractivity (Wildman–Crippen MR) is 169 cm³/mol. The molecule has 1 aromatic carbocycles. The Bertz CT molecular complexity index is 1320. The highest BCUT2D eigenvalue weighted by molar-refractivity contribution is 7.09. The summed E-state index contributed by atoms with van der Waals surface area (Å²) in [4.78, 5) is 38.1. The van der Waals surface area contributed by atoms with Crippen LogP contribution in [0.2, 0.25) is 0 Å². The molecule has 4 heterocycles. The van der Waals surface area contributed by atoms with Gasteiger partial charge < -0.3 is 19.5 Å². The van der Waals surface area contributed by atoms with Gasteiger partial charge >= 0.3 is 0 Å². The van der Waals surface area contributed by atoms with E-state index in [9.17, 15) is 9.59 Å². The van der Waals surface area contributed by atoms with Crippen LogP contribution in [-0.4, -0.2) is 82.6 Å². The number of aromatic nitrogens is 2. The number of carbonyl (C=O) groups excluding carboxylic acids is 2. The topological polar surface area (TPSA) is 79.7 Å². The molecule has 0 aliphatic carbocycles. The first kappa shape index (κ1) is 30.7. The van der Waals surface area contributed by atoms with Crippen LogP contribution < -0.4 is 5.32 Å². The third-order valence-corrected chi connectivity index (χ3v) is 9.77. The second-order valence-corrected chi connectivity index (χ2v) is 13.2. The first-order valence-electron chi connectivity index (χ1n) is 15.8. The Morgan fingerprint density at radius 3 is 2.45 bits per heavy atom. The van der Waals surface area contributed by atoms with Gasteiger partial charge in [-0.2, -0.15) is 0 Å². The molecule has 0 bridgehead atoms. The van der Waals surface area contributed by atoms with Gasteiger partial charge in [-0.15, -0.1) is 11.3 Å². The molecule has 2 aromatic heterocycles. The molecular weight excluding hydrogens is 546 g/mol. The highest BCUT2D eigenvalue weighted by Crippen LogP contribution is 2.29. The molecule has 2 aliphatic heterocycles. The summed E-state index contributed by atoms with van der Waals surface area (Å²) < 4.78 is 7.88. The lowest BCUT2D eigenvalue weighted by atomic mass is 9.98. The molecule has 8 nitrogen and oxygen atoms in total. The fourth-order valence-electron chi connectivity index (χ4n) is 6.59. The number of carbonyl (C=O) groups is 2. The molecule has 5 rings (SSSR count). The molecule has 3 aromatic rings. The summed E-state index contributed by atoms with van der Waals surface area (Å²) in [6.07, 6.45) is 5.37. The van der Waals surface area contributed by atoms with Crippen molar-refractivity contribution < 1.29 is 14.3 Å². The van der Waals surface area contributed by atoms with E-state index in [1.165, 1.54) is 4.88 Å². The Balaban J connectivity index is 1.31. The number of nitrogens with one attached hydrogen (secondary N) is 1. The van der Waals surface area contributed by atoms with Crippen LogP contribution >= 0.6 is 11.3 Å². The Morgan fingerprint density at radius 2 is 1.81 bits per heavy atom. The highest BCUT2D eigenvalue weighted by atomic mass is 32.1. The fourth-order valence-corrected chi connectivity index (χ4v) is 7.30. The number of imidazole rings is 1.